The second-order valence-electron chi connectivity index (χ2n) is 6.83. The Morgan fingerprint density at radius 3 is 2.45 bits per heavy atom. The third kappa shape index (κ3) is 2.29. The first kappa shape index (κ1) is 13.7. The topological polar surface area (TPSA) is 25.8 Å². The molecular formula is C16H20ClIN2. The molecule has 108 valence electrons. The summed E-state index contributed by atoms with van der Waals surface area (Å²) in [5.41, 5.74) is 1.25. The van der Waals surface area contributed by atoms with E-state index in [1.807, 2.05) is 0 Å². The third-order valence-electron chi connectivity index (χ3n) is 5.67. The Bertz CT molecular complexity index is 527. The fraction of sp³-hybridized carbons (Fsp3) is 0.750. The number of hydrogen-bond acceptors (Lipinski definition) is 2. The molecule has 0 aromatic carbocycles. The summed E-state index contributed by atoms with van der Waals surface area (Å²) in [5.74, 6) is 4.03. The van der Waals surface area contributed by atoms with Crippen LogP contribution in [0.1, 0.15) is 74.7 Å². The lowest BCUT2D eigenvalue weighted by Crippen LogP contribution is -2.15. The van der Waals surface area contributed by atoms with Gasteiger partial charge in [0.15, 0.2) is 0 Å². The molecule has 2 nitrogen and oxygen atoms in total. The summed E-state index contributed by atoms with van der Waals surface area (Å²) in [5, 5.41) is 0.695. The highest BCUT2D eigenvalue weighted by atomic mass is 127. The summed E-state index contributed by atoms with van der Waals surface area (Å²) in [6.07, 6.45) is 10.7. The van der Waals surface area contributed by atoms with E-state index in [0.29, 0.717) is 17.0 Å². The van der Waals surface area contributed by atoms with Gasteiger partial charge in [0.1, 0.15) is 11.0 Å². The van der Waals surface area contributed by atoms with Crippen LogP contribution in [0.2, 0.25) is 5.15 Å². The van der Waals surface area contributed by atoms with Crippen molar-refractivity contribution in [3.05, 3.63) is 20.2 Å². The highest BCUT2D eigenvalue weighted by Crippen LogP contribution is 2.52. The van der Waals surface area contributed by atoms with Gasteiger partial charge >= 0.3 is 0 Å². The molecule has 2 bridgehead atoms. The first-order chi connectivity index (χ1) is 9.72. The van der Waals surface area contributed by atoms with Crippen LogP contribution in [0.3, 0.4) is 0 Å². The van der Waals surface area contributed by atoms with Gasteiger partial charge in [-0.1, -0.05) is 30.9 Å². The normalized spacial score (nSPS) is 33.2. The average molecular weight is 403 g/mol. The zero-order valence-electron chi connectivity index (χ0n) is 11.6. The number of fused-ring (bicyclic) bond motifs is 2. The van der Waals surface area contributed by atoms with Gasteiger partial charge in [-0.05, 0) is 66.5 Å². The van der Waals surface area contributed by atoms with Crippen molar-refractivity contribution in [1.82, 2.24) is 9.97 Å². The van der Waals surface area contributed by atoms with Crippen LogP contribution in [0.15, 0.2) is 0 Å². The second kappa shape index (κ2) is 5.38. The number of hydrogen-bond donors (Lipinski definition) is 0. The van der Waals surface area contributed by atoms with Crippen molar-refractivity contribution in [3.8, 4) is 0 Å². The minimum absolute atomic E-state index is 0.586. The van der Waals surface area contributed by atoms with Crippen LogP contribution >= 0.6 is 34.2 Å². The molecule has 1 heterocycles. The standard InChI is InChI=1S/C16H20ClIN2/c17-15-13(18)14(10-3-1-2-4-10)19-16(20-15)12-8-9-5-6-11(12)7-9/h9-12H,1-8H2. The van der Waals surface area contributed by atoms with Gasteiger partial charge in [-0.25, -0.2) is 9.97 Å². The number of halogens is 2. The second-order valence-corrected chi connectivity index (χ2v) is 8.27. The number of nitrogens with zero attached hydrogens (tertiary/aromatic N) is 2. The van der Waals surface area contributed by atoms with Crippen molar-refractivity contribution in [1.29, 1.82) is 0 Å². The van der Waals surface area contributed by atoms with Crippen LogP contribution in [0, 0.1) is 15.4 Å². The van der Waals surface area contributed by atoms with Gasteiger partial charge in [0.2, 0.25) is 0 Å². The Hall–Kier alpha value is 0.100. The van der Waals surface area contributed by atoms with Gasteiger partial charge in [0, 0.05) is 11.8 Å². The Morgan fingerprint density at radius 2 is 1.80 bits per heavy atom. The zero-order valence-corrected chi connectivity index (χ0v) is 14.5. The van der Waals surface area contributed by atoms with Gasteiger partial charge in [-0.15, -0.1) is 0 Å². The van der Waals surface area contributed by atoms with E-state index in [2.05, 4.69) is 27.6 Å². The van der Waals surface area contributed by atoms with E-state index in [-0.39, 0.29) is 0 Å². The molecule has 3 saturated carbocycles. The lowest BCUT2D eigenvalue weighted by Gasteiger charge is -2.22. The predicted molar refractivity (Wildman–Crippen MR) is 89.2 cm³/mol. The van der Waals surface area contributed by atoms with E-state index < -0.39 is 0 Å². The molecule has 0 amide bonds. The van der Waals surface area contributed by atoms with Crippen molar-refractivity contribution in [2.75, 3.05) is 0 Å². The molecule has 0 spiro atoms. The summed E-state index contributed by atoms with van der Waals surface area (Å²) in [4.78, 5) is 9.67. The van der Waals surface area contributed by atoms with E-state index in [1.54, 1.807) is 0 Å². The zero-order chi connectivity index (χ0) is 13.7. The summed E-state index contributed by atoms with van der Waals surface area (Å²) >= 11 is 8.76. The van der Waals surface area contributed by atoms with E-state index in [0.717, 1.165) is 21.2 Å². The maximum Gasteiger partial charge on any atom is 0.146 e. The molecule has 1 aromatic rings. The molecule has 4 heteroatoms. The molecular weight excluding hydrogens is 383 g/mol. The quantitative estimate of drug-likeness (QED) is 0.496. The van der Waals surface area contributed by atoms with Crippen LogP contribution in [0.25, 0.3) is 0 Å². The monoisotopic (exact) mass is 402 g/mol. The molecule has 0 saturated heterocycles. The van der Waals surface area contributed by atoms with Crippen molar-refractivity contribution in [2.24, 2.45) is 11.8 Å². The molecule has 1 aromatic heterocycles. The van der Waals surface area contributed by atoms with Gasteiger partial charge in [0.05, 0.1) is 9.26 Å². The van der Waals surface area contributed by atoms with Gasteiger partial charge in [-0.2, -0.15) is 0 Å². The van der Waals surface area contributed by atoms with Crippen LogP contribution in [-0.4, -0.2) is 9.97 Å². The van der Waals surface area contributed by atoms with Gasteiger partial charge in [0.25, 0.3) is 0 Å². The molecule has 0 radical (unpaired) electrons. The molecule has 4 rings (SSSR count). The minimum Gasteiger partial charge on any atom is -0.236 e. The average Bonchev–Trinajstić information content (AvgIpc) is 3.18. The highest BCUT2D eigenvalue weighted by Gasteiger charge is 2.42. The molecule has 0 N–H and O–H groups in total. The largest absolute Gasteiger partial charge is 0.236 e. The van der Waals surface area contributed by atoms with Crippen molar-refractivity contribution in [3.63, 3.8) is 0 Å². The number of rotatable bonds is 2. The van der Waals surface area contributed by atoms with Crippen molar-refractivity contribution in [2.45, 2.75) is 63.2 Å². The summed E-state index contributed by atoms with van der Waals surface area (Å²) < 4.78 is 1.10. The van der Waals surface area contributed by atoms with Crippen LogP contribution in [-0.2, 0) is 0 Å². The molecule has 3 unspecified atom stereocenters. The number of aromatic nitrogens is 2. The minimum atomic E-state index is 0.586. The fourth-order valence-electron chi connectivity index (χ4n) is 4.65. The molecule has 3 aliphatic carbocycles. The van der Waals surface area contributed by atoms with Crippen LogP contribution < -0.4 is 0 Å². The van der Waals surface area contributed by atoms with E-state index in [9.17, 15) is 0 Å². The van der Waals surface area contributed by atoms with Crippen molar-refractivity contribution >= 4 is 34.2 Å². The highest BCUT2D eigenvalue weighted by molar-refractivity contribution is 14.1. The van der Waals surface area contributed by atoms with E-state index in [1.165, 1.54) is 57.1 Å². The SMILES string of the molecule is Clc1nc(C2CC3CCC2C3)nc(C2CCCC2)c1I. The predicted octanol–water partition coefficient (Wildman–Crippen LogP) is 5.30. The maximum atomic E-state index is 6.42. The Morgan fingerprint density at radius 1 is 1.00 bits per heavy atom. The van der Waals surface area contributed by atoms with Crippen LogP contribution in [0.5, 0.6) is 0 Å². The maximum absolute atomic E-state index is 6.42. The first-order valence-corrected chi connectivity index (χ1v) is 9.41. The molecule has 3 atom stereocenters. The first-order valence-electron chi connectivity index (χ1n) is 7.95. The summed E-state index contributed by atoms with van der Waals surface area (Å²) in [7, 11) is 0. The van der Waals surface area contributed by atoms with Crippen LogP contribution in [0.4, 0.5) is 0 Å². The molecule has 3 fully saturated rings. The van der Waals surface area contributed by atoms with Gasteiger partial charge < -0.3 is 0 Å². The fourth-order valence-corrected chi connectivity index (χ4v) is 5.51. The van der Waals surface area contributed by atoms with E-state index in [4.69, 9.17) is 16.6 Å². The molecule has 0 aliphatic heterocycles. The Balaban J connectivity index is 1.69. The lowest BCUT2D eigenvalue weighted by atomic mass is 9.88. The molecule has 20 heavy (non-hydrogen) atoms. The van der Waals surface area contributed by atoms with Gasteiger partial charge in [-0.3, -0.25) is 0 Å². The van der Waals surface area contributed by atoms with Crippen molar-refractivity contribution < 1.29 is 0 Å². The third-order valence-corrected chi connectivity index (χ3v) is 7.32. The smallest absolute Gasteiger partial charge is 0.146 e. The Labute approximate surface area is 139 Å². The summed E-state index contributed by atoms with van der Waals surface area (Å²) in [6.45, 7) is 0. The van der Waals surface area contributed by atoms with E-state index >= 15 is 0 Å². The lowest BCUT2D eigenvalue weighted by molar-refractivity contribution is 0.403. The Kier molecular flexibility index (Phi) is 3.70. The molecule has 3 aliphatic rings. The summed E-state index contributed by atoms with van der Waals surface area (Å²) in [6, 6.07) is 0.